The summed E-state index contributed by atoms with van der Waals surface area (Å²) in [5.41, 5.74) is -0.616. The molecule has 0 saturated heterocycles. The van der Waals surface area contributed by atoms with Gasteiger partial charge in [0, 0.05) is 41.0 Å². The molecule has 2 aliphatic rings. The van der Waals surface area contributed by atoms with Crippen molar-refractivity contribution in [1.82, 2.24) is 0 Å². The van der Waals surface area contributed by atoms with Crippen LogP contribution < -0.4 is 9.47 Å². The number of nitro benzene ring substituents is 1. The number of ether oxygens (including phenoxy) is 3. The Labute approximate surface area is 207 Å². The van der Waals surface area contributed by atoms with Crippen LogP contribution in [0.15, 0.2) is 78.9 Å². The summed E-state index contributed by atoms with van der Waals surface area (Å²) in [6.45, 7) is 0. The van der Waals surface area contributed by atoms with Gasteiger partial charge in [-0.1, -0.05) is 18.2 Å². The second-order valence-corrected chi connectivity index (χ2v) is 8.37. The maximum atomic E-state index is 14.2. The molecule has 1 spiro atoms. The summed E-state index contributed by atoms with van der Waals surface area (Å²) in [6, 6.07) is 18.1. The Morgan fingerprint density at radius 1 is 0.946 bits per heavy atom. The van der Waals surface area contributed by atoms with E-state index in [0.717, 1.165) is 18.2 Å². The molecule has 6 rings (SSSR count). The average Bonchev–Trinajstić information content (AvgIpc) is 3.16. The molecule has 4 aromatic carbocycles. The molecule has 37 heavy (non-hydrogen) atoms. The number of carbonyl (C=O) groups excluding carboxylic acids is 2. The molecule has 0 amide bonds. The van der Waals surface area contributed by atoms with E-state index in [4.69, 9.17) is 14.2 Å². The zero-order valence-corrected chi connectivity index (χ0v) is 18.6. The number of halogens is 1. The van der Waals surface area contributed by atoms with Crippen molar-refractivity contribution in [2.75, 3.05) is 0 Å². The Bertz CT molecular complexity index is 1670. The van der Waals surface area contributed by atoms with E-state index in [0.29, 0.717) is 22.3 Å². The lowest BCUT2D eigenvalue weighted by atomic mass is 9.77. The van der Waals surface area contributed by atoms with Crippen molar-refractivity contribution >= 4 is 17.6 Å². The number of phenols is 1. The molecule has 9 nitrogen and oxygen atoms in total. The molecule has 10 heteroatoms. The zero-order chi connectivity index (χ0) is 25.9. The minimum atomic E-state index is -1.39. The summed E-state index contributed by atoms with van der Waals surface area (Å²) in [5.74, 6) is -2.44. The standard InChI is InChI=1S/C27H14FNO8/c28-22-10-5-14(29(33)34)11-18(22)25(31)35-16-7-9-21-24(13-16)36-23-12-15(30)6-8-20(23)27(21)19-4-2-1-3-17(19)26(32)37-27/h1-13,30H/t27-/m1/s1. The number of aromatic hydroxyl groups is 1. The number of carbonyl (C=O) groups is 2. The van der Waals surface area contributed by atoms with Gasteiger partial charge in [0.2, 0.25) is 0 Å². The predicted octanol–water partition coefficient (Wildman–Crippen LogP) is 5.23. The molecule has 0 saturated carbocycles. The third kappa shape index (κ3) is 3.30. The first-order valence-corrected chi connectivity index (χ1v) is 10.9. The van der Waals surface area contributed by atoms with Crippen molar-refractivity contribution in [2.45, 2.75) is 5.60 Å². The monoisotopic (exact) mass is 499 g/mol. The molecule has 0 aromatic heterocycles. The van der Waals surface area contributed by atoms with Crippen LogP contribution in [0.3, 0.4) is 0 Å². The molecule has 0 aliphatic carbocycles. The molecule has 0 bridgehead atoms. The summed E-state index contributed by atoms with van der Waals surface area (Å²) < 4.78 is 31.5. The first-order valence-electron chi connectivity index (χ1n) is 10.9. The van der Waals surface area contributed by atoms with Crippen LogP contribution in [0.1, 0.15) is 37.4 Å². The smallest absolute Gasteiger partial charge is 0.346 e. The van der Waals surface area contributed by atoms with Crippen LogP contribution in [0.4, 0.5) is 10.1 Å². The third-order valence-electron chi connectivity index (χ3n) is 6.26. The van der Waals surface area contributed by atoms with E-state index in [1.165, 1.54) is 24.3 Å². The maximum absolute atomic E-state index is 14.2. The minimum absolute atomic E-state index is 0.0500. The van der Waals surface area contributed by atoms with Crippen molar-refractivity contribution in [1.29, 1.82) is 0 Å². The number of phenolic OH excluding ortho intramolecular Hbond substituents is 1. The van der Waals surface area contributed by atoms with Gasteiger partial charge in [0.25, 0.3) is 5.69 Å². The van der Waals surface area contributed by atoms with Crippen LogP contribution in [0.2, 0.25) is 0 Å². The lowest BCUT2D eigenvalue weighted by Crippen LogP contribution is -2.33. The molecule has 4 aromatic rings. The van der Waals surface area contributed by atoms with Gasteiger partial charge in [0.15, 0.2) is 5.60 Å². The number of hydrogen-bond acceptors (Lipinski definition) is 8. The second kappa shape index (κ2) is 7.89. The summed E-state index contributed by atoms with van der Waals surface area (Å²) in [4.78, 5) is 35.8. The number of nitro groups is 1. The van der Waals surface area contributed by atoms with Gasteiger partial charge in [0.05, 0.1) is 10.5 Å². The molecule has 1 atom stereocenters. The van der Waals surface area contributed by atoms with Crippen LogP contribution in [-0.2, 0) is 10.3 Å². The van der Waals surface area contributed by atoms with Crippen LogP contribution in [0.25, 0.3) is 0 Å². The number of benzene rings is 4. The fourth-order valence-electron chi connectivity index (χ4n) is 4.65. The van der Waals surface area contributed by atoms with Gasteiger partial charge in [-0.15, -0.1) is 0 Å². The molecular weight excluding hydrogens is 485 g/mol. The molecule has 2 heterocycles. The van der Waals surface area contributed by atoms with Gasteiger partial charge in [0.1, 0.15) is 34.4 Å². The molecule has 2 aliphatic heterocycles. The Morgan fingerprint density at radius 3 is 2.46 bits per heavy atom. The largest absolute Gasteiger partial charge is 0.508 e. The Kier molecular flexibility index (Phi) is 4.74. The lowest BCUT2D eigenvalue weighted by Gasteiger charge is -2.36. The van der Waals surface area contributed by atoms with Crippen molar-refractivity contribution in [3.8, 4) is 23.0 Å². The fraction of sp³-hybridized carbons (Fsp3) is 0.0370. The van der Waals surface area contributed by atoms with Gasteiger partial charge in [-0.05, 0) is 36.4 Å². The van der Waals surface area contributed by atoms with E-state index in [1.54, 1.807) is 36.4 Å². The number of non-ortho nitro benzene ring substituents is 1. The Hall–Kier alpha value is -5.25. The minimum Gasteiger partial charge on any atom is -0.508 e. The zero-order valence-electron chi connectivity index (χ0n) is 18.6. The maximum Gasteiger partial charge on any atom is 0.346 e. The van der Waals surface area contributed by atoms with Gasteiger partial charge < -0.3 is 19.3 Å². The molecule has 1 N–H and O–H groups in total. The number of rotatable bonds is 3. The fourth-order valence-corrected chi connectivity index (χ4v) is 4.65. The Balaban J connectivity index is 1.45. The summed E-state index contributed by atoms with van der Waals surface area (Å²) in [7, 11) is 0. The summed E-state index contributed by atoms with van der Waals surface area (Å²) in [5, 5.41) is 21.1. The molecule has 0 fully saturated rings. The summed E-state index contributed by atoms with van der Waals surface area (Å²) in [6.07, 6.45) is 0. The average molecular weight is 499 g/mol. The third-order valence-corrected chi connectivity index (χ3v) is 6.26. The second-order valence-electron chi connectivity index (χ2n) is 8.37. The van der Waals surface area contributed by atoms with Crippen LogP contribution in [0.5, 0.6) is 23.0 Å². The van der Waals surface area contributed by atoms with E-state index in [1.807, 2.05) is 0 Å². The lowest BCUT2D eigenvalue weighted by molar-refractivity contribution is -0.384. The van der Waals surface area contributed by atoms with E-state index in [-0.39, 0.29) is 23.0 Å². The van der Waals surface area contributed by atoms with Gasteiger partial charge in [-0.2, -0.15) is 0 Å². The van der Waals surface area contributed by atoms with Crippen LogP contribution in [0, 0.1) is 15.9 Å². The first kappa shape index (κ1) is 22.2. The van der Waals surface area contributed by atoms with Crippen LogP contribution in [-0.4, -0.2) is 22.0 Å². The van der Waals surface area contributed by atoms with Crippen molar-refractivity contribution in [2.24, 2.45) is 0 Å². The van der Waals surface area contributed by atoms with Crippen molar-refractivity contribution in [3.05, 3.63) is 123 Å². The van der Waals surface area contributed by atoms with Gasteiger partial charge in [-0.25, -0.2) is 14.0 Å². The molecule has 0 radical (unpaired) electrons. The quantitative estimate of drug-likeness (QED) is 0.176. The molecule has 182 valence electrons. The van der Waals surface area contributed by atoms with E-state index < -0.39 is 39.5 Å². The van der Waals surface area contributed by atoms with Gasteiger partial charge in [-0.3, -0.25) is 10.1 Å². The number of hydrogen-bond donors (Lipinski definition) is 1. The predicted molar refractivity (Wildman–Crippen MR) is 124 cm³/mol. The SMILES string of the molecule is O=C(Oc1ccc2c(c1)Oc1cc(O)ccc1[C@@]21OC(=O)c2ccccc21)c1cc([N+](=O)[O-])ccc1F. The highest BCUT2D eigenvalue weighted by Gasteiger charge is 2.53. The van der Waals surface area contributed by atoms with Crippen molar-refractivity contribution in [3.63, 3.8) is 0 Å². The number of nitrogens with zero attached hydrogens (tertiary/aromatic N) is 1. The van der Waals surface area contributed by atoms with Gasteiger partial charge >= 0.3 is 11.9 Å². The topological polar surface area (TPSA) is 125 Å². The number of esters is 2. The summed E-state index contributed by atoms with van der Waals surface area (Å²) >= 11 is 0. The van der Waals surface area contributed by atoms with E-state index in [9.17, 15) is 29.2 Å². The van der Waals surface area contributed by atoms with Crippen LogP contribution >= 0.6 is 0 Å². The van der Waals surface area contributed by atoms with E-state index >= 15 is 0 Å². The molecule has 0 unspecified atom stereocenters. The highest BCUT2D eigenvalue weighted by molar-refractivity contribution is 5.97. The number of fused-ring (bicyclic) bond motifs is 6. The van der Waals surface area contributed by atoms with Crippen molar-refractivity contribution < 1.29 is 38.2 Å². The highest BCUT2D eigenvalue weighted by atomic mass is 19.1. The van der Waals surface area contributed by atoms with E-state index in [2.05, 4.69) is 0 Å². The first-order chi connectivity index (χ1) is 17.8. The highest BCUT2D eigenvalue weighted by Crippen LogP contribution is 2.56. The normalized spacial score (nSPS) is 16.7. The molecular formula is C27H14FNO8. The Morgan fingerprint density at radius 2 is 1.68 bits per heavy atom.